The number of hydrogen-bond donors (Lipinski definition) is 2. The summed E-state index contributed by atoms with van der Waals surface area (Å²) in [6.07, 6.45) is 7.69. The number of carbonyl (C=O) groups excluding carboxylic acids is 2. The molecule has 2 aromatic rings. The first-order valence-electron chi connectivity index (χ1n) is 8.78. The highest BCUT2D eigenvalue weighted by atomic mass is 32.1. The van der Waals surface area contributed by atoms with Crippen molar-refractivity contribution in [3.8, 4) is 0 Å². The minimum atomic E-state index is -1.06. The summed E-state index contributed by atoms with van der Waals surface area (Å²) in [6.45, 7) is 0.248. The molecule has 2 aromatic heterocycles. The molecule has 0 unspecified atom stereocenters. The van der Waals surface area contributed by atoms with Crippen LogP contribution in [0.4, 0.5) is 5.00 Å². The molecule has 0 saturated carbocycles. The van der Waals surface area contributed by atoms with Gasteiger partial charge in [-0.2, -0.15) is 5.10 Å². The second-order valence-corrected chi connectivity index (χ2v) is 7.46. The van der Waals surface area contributed by atoms with Gasteiger partial charge in [0.15, 0.2) is 0 Å². The van der Waals surface area contributed by atoms with E-state index in [1.807, 2.05) is 0 Å². The zero-order valence-electron chi connectivity index (χ0n) is 15.0. The molecule has 9 heteroatoms. The molecule has 0 radical (unpaired) electrons. The van der Waals surface area contributed by atoms with Crippen LogP contribution >= 0.6 is 11.3 Å². The third-order valence-electron chi connectivity index (χ3n) is 4.51. The van der Waals surface area contributed by atoms with E-state index < -0.39 is 11.9 Å². The van der Waals surface area contributed by atoms with Crippen LogP contribution < -0.4 is 5.32 Å². The molecule has 27 heavy (non-hydrogen) atoms. The molecule has 0 fully saturated rings. The molecule has 8 nitrogen and oxygen atoms in total. The zero-order valence-corrected chi connectivity index (χ0v) is 15.8. The smallest absolute Gasteiger partial charge is 0.341 e. The number of esters is 1. The molecule has 0 spiro atoms. The largest absolute Gasteiger partial charge is 0.478 e. The number of aromatic nitrogens is 2. The molecular weight excluding hydrogens is 370 g/mol. The van der Waals surface area contributed by atoms with Gasteiger partial charge in [0.25, 0.3) is 0 Å². The quantitative estimate of drug-likeness (QED) is 0.579. The van der Waals surface area contributed by atoms with E-state index >= 15 is 0 Å². The van der Waals surface area contributed by atoms with Crippen molar-refractivity contribution < 1.29 is 24.2 Å². The number of ether oxygens (including phenoxy) is 1. The van der Waals surface area contributed by atoms with Gasteiger partial charge in [-0.05, 0) is 31.2 Å². The van der Waals surface area contributed by atoms with E-state index in [0.717, 1.165) is 42.5 Å². The molecule has 0 aliphatic heterocycles. The predicted molar refractivity (Wildman–Crippen MR) is 99.4 cm³/mol. The van der Waals surface area contributed by atoms with E-state index in [9.17, 15) is 14.4 Å². The number of aromatic carboxylic acids is 1. The van der Waals surface area contributed by atoms with Crippen molar-refractivity contribution in [3.05, 3.63) is 34.0 Å². The summed E-state index contributed by atoms with van der Waals surface area (Å²) in [7, 11) is 1.34. The number of nitrogens with one attached hydrogen (secondary N) is 1. The van der Waals surface area contributed by atoms with E-state index in [1.165, 1.54) is 35.5 Å². The van der Waals surface area contributed by atoms with Crippen LogP contribution in [0, 0.1) is 0 Å². The van der Waals surface area contributed by atoms with Crippen molar-refractivity contribution >= 4 is 34.2 Å². The van der Waals surface area contributed by atoms with Gasteiger partial charge in [0, 0.05) is 24.0 Å². The average Bonchev–Trinajstić information content (AvgIpc) is 3.18. The van der Waals surface area contributed by atoms with Crippen LogP contribution in [0.2, 0.25) is 0 Å². The number of amides is 1. The average molecular weight is 391 g/mol. The summed E-state index contributed by atoms with van der Waals surface area (Å²) >= 11 is 1.44. The summed E-state index contributed by atoms with van der Waals surface area (Å²) in [5, 5.41) is 16.2. The number of hydrogen-bond acceptors (Lipinski definition) is 6. The molecule has 2 N–H and O–H groups in total. The fraction of sp³-hybridized carbons (Fsp3) is 0.444. The molecule has 0 saturated heterocycles. The van der Waals surface area contributed by atoms with Gasteiger partial charge in [0.05, 0.1) is 24.4 Å². The second-order valence-electron chi connectivity index (χ2n) is 6.36. The molecule has 1 aliphatic rings. The Morgan fingerprint density at radius 1 is 1.30 bits per heavy atom. The van der Waals surface area contributed by atoms with E-state index in [0.29, 0.717) is 10.6 Å². The Morgan fingerprint density at radius 2 is 2.07 bits per heavy atom. The van der Waals surface area contributed by atoms with Crippen LogP contribution in [0.25, 0.3) is 0 Å². The number of methoxy groups -OCH3 is 1. The molecule has 3 rings (SSSR count). The third kappa shape index (κ3) is 4.36. The van der Waals surface area contributed by atoms with E-state index in [2.05, 4.69) is 10.4 Å². The lowest BCUT2D eigenvalue weighted by Gasteiger charge is -2.07. The minimum Gasteiger partial charge on any atom is -0.478 e. The van der Waals surface area contributed by atoms with Gasteiger partial charge >= 0.3 is 11.9 Å². The van der Waals surface area contributed by atoms with Crippen molar-refractivity contribution in [3.63, 3.8) is 0 Å². The molecule has 1 aliphatic carbocycles. The third-order valence-corrected chi connectivity index (χ3v) is 5.72. The van der Waals surface area contributed by atoms with Crippen molar-refractivity contribution in [2.24, 2.45) is 0 Å². The summed E-state index contributed by atoms with van der Waals surface area (Å²) < 4.78 is 6.34. The summed E-state index contributed by atoms with van der Waals surface area (Å²) in [5.41, 5.74) is 1.54. The highest BCUT2D eigenvalue weighted by Crippen LogP contribution is 2.38. The lowest BCUT2D eigenvalue weighted by Crippen LogP contribution is -2.16. The highest BCUT2D eigenvalue weighted by Gasteiger charge is 2.26. The number of nitrogens with zero attached hydrogens (tertiary/aromatic N) is 2. The van der Waals surface area contributed by atoms with Gasteiger partial charge in [0.1, 0.15) is 5.00 Å². The minimum absolute atomic E-state index is 0.0744. The van der Waals surface area contributed by atoms with Crippen molar-refractivity contribution in [2.45, 2.75) is 45.1 Å². The van der Waals surface area contributed by atoms with E-state index in [1.54, 1.807) is 0 Å². The van der Waals surface area contributed by atoms with Gasteiger partial charge in [-0.1, -0.05) is 6.42 Å². The zero-order chi connectivity index (χ0) is 19.4. The number of aryl methyl sites for hydroxylation is 2. The second kappa shape index (κ2) is 8.34. The topological polar surface area (TPSA) is 111 Å². The normalized spacial score (nSPS) is 13.5. The number of carboxylic acids is 1. The SMILES string of the molecule is COC(=O)c1c(NC(=O)CCn2cc(C(=O)O)cn2)sc2c1CCCCC2. The van der Waals surface area contributed by atoms with Crippen LogP contribution in [0.3, 0.4) is 0 Å². The maximum atomic E-state index is 12.4. The van der Waals surface area contributed by atoms with Gasteiger partial charge in [-0.15, -0.1) is 11.3 Å². The van der Waals surface area contributed by atoms with Crippen LogP contribution in [-0.4, -0.2) is 39.8 Å². The van der Waals surface area contributed by atoms with Crippen LogP contribution in [0.1, 0.15) is 56.8 Å². The summed E-state index contributed by atoms with van der Waals surface area (Å²) in [5.74, 6) is -1.75. The highest BCUT2D eigenvalue weighted by molar-refractivity contribution is 7.17. The number of fused-ring (bicyclic) bond motifs is 1. The van der Waals surface area contributed by atoms with Gasteiger partial charge in [-0.3, -0.25) is 9.48 Å². The first-order chi connectivity index (χ1) is 13.0. The maximum absolute atomic E-state index is 12.4. The standard InChI is InChI=1S/C18H21N3O5S/c1-26-18(25)15-12-5-3-2-4-6-13(12)27-16(15)20-14(22)7-8-21-10-11(9-19-21)17(23)24/h9-10H,2-8H2,1H3,(H,20,22)(H,23,24). The molecular formula is C18H21N3O5S. The van der Waals surface area contributed by atoms with E-state index in [4.69, 9.17) is 9.84 Å². The Hall–Kier alpha value is -2.68. The number of anilines is 1. The lowest BCUT2D eigenvalue weighted by atomic mass is 10.1. The molecule has 1 amide bonds. The van der Waals surface area contributed by atoms with Crippen molar-refractivity contribution in [1.82, 2.24) is 9.78 Å². The molecule has 0 atom stereocenters. The monoisotopic (exact) mass is 391 g/mol. The predicted octanol–water partition coefficient (Wildman–Crippen LogP) is 2.73. The van der Waals surface area contributed by atoms with Gasteiger partial charge in [0.2, 0.25) is 5.91 Å². The Labute approximate surface area is 160 Å². The number of carbonyl (C=O) groups is 3. The van der Waals surface area contributed by atoms with Gasteiger partial charge < -0.3 is 15.2 Å². The van der Waals surface area contributed by atoms with Crippen molar-refractivity contribution in [2.75, 3.05) is 12.4 Å². The molecule has 2 heterocycles. The Balaban J connectivity index is 1.71. The molecule has 144 valence electrons. The van der Waals surface area contributed by atoms with Crippen molar-refractivity contribution in [1.29, 1.82) is 0 Å². The first-order valence-corrected chi connectivity index (χ1v) is 9.59. The Morgan fingerprint density at radius 3 is 2.78 bits per heavy atom. The Bertz CT molecular complexity index is 870. The molecule has 0 aromatic carbocycles. The number of carboxylic acid groups (broad SMARTS) is 1. The van der Waals surface area contributed by atoms with Gasteiger partial charge in [-0.25, -0.2) is 9.59 Å². The fourth-order valence-corrected chi connectivity index (χ4v) is 4.44. The van der Waals surface area contributed by atoms with Crippen LogP contribution in [-0.2, 0) is 28.9 Å². The number of thiophene rings is 1. The maximum Gasteiger partial charge on any atom is 0.341 e. The van der Waals surface area contributed by atoms with Crippen LogP contribution in [0.5, 0.6) is 0 Å². The lowest BCUT2D eigenvalue weighted by molar-refractivity contribution is -0.116. The molecule has 0 bridgehead atoms. The summed E-state index contributed by atoms with van der Waals surface area (Å²) in [6, 6.07) is 0. The first kappa shape index (κ1) is 19.1. The summed E-state index contributed by atoms with van der Waals surface area (Å²) in [4.78, 5) is 36.6. The van der Waals surface area contributed by atoms with E-state index in [-0.39, 0.29) is 24.4 Å². The van der Waals surface area contributed by atoms with Crippen LogP contribution in [0.15, 0.2) is 12.4 Å². The number of rotatable bonds is 6. The fourth-order valence-electron chi connectivity index (χ4n) is 3.15. The Kier molecular flexibility index (Phi) is 5.90.